The summed E-state index contributed by atoms with van der Waals surface area (Å²) in [6.45, 7) is 9.07. The predicted octanol–water partition coefficient (Wildman–Crippen LogP) is 3.72. The number of nitrogens with one attached hydrogen (secondary N) is 1. The van der Waals surface area contributed by atoms with E-state index in [0.29, 0.717) is 18.1 Å². The molecule has 0 aliphatic rings. The van der Waals surface area contributed by atoms with Crippen LogP contribution in [0.5, 0.6) is 0 Å². The van der Waals surface area contributed by atoms with Crippen LogP contribution in [0.3, 0.4) is 0 Å². The van der Waals surface area contributed by atoms with Crippen molar-refractivity contribution in [3.05, 3.63) is 41.7 Å². The third kappa shape index (κ3) is 3.90. The zero-order valence-corrected chi connectivity index (χ0v) is 12.5. The fraction of sp³-hybridized carbons (Fsp3) is 0.438. The lowest BCUT2D eigenvalue weighted by Crippen LogP contribution is -2.37. The monoisotopic (exact) mass is 276 g/mol. The summed E-state index contributed by atoms with van der Waals surface area (Å²) >= 11 is 0. The van der Waals surface area contributed by atoms with Crippen LogP contribution in [0.25, 0.3) is 11.3 Å². The fourth-order valence-electron chi connectivity index (χ4n) is 1.95. The number of oxazole rings is 1. The molecule has 1 heterocycles. The number of rotatable bonds is 4. The van der Waals surface area contributed by atoms with Gasteiger partial charge in [-0.3, -0.25) is 0 Å². The highest BCUT2D eigenvalue weighted by atomic mass is 19.1. The Morgan fingerprint density at radius 2 is 2.05 bits per heavy atom. The maximum absolute atomic E-state index is 13.3. The van der Waals surface area contributed by atoms with E-state index in [1.54, 1.807) is 12.3 Å². The highest BCUT2D eigenvalue weighted by Crippen LogP contribution is 2.25. The van der Waals surface area contributed by atoms with Gasteiger partial charge in [-0.1, -0.05) is 6.07 Å². The summed E-state index contributed by atoms with van der Waals surface area (Å²) in [5.41, 5.74) is 1.81. The van der Waals surface area contributed by atoms with Gasteiger partial charge in [0.2, 0.25) is 0 Å². The quantitative estimate of drug-likeness (QED) is 0.925. The van der Waals surface area contributed by atoms with Crippen molar-refractivity contribution in [2.75, 3.05) is 6.54 Å². The molecule has 0 atom stereocenters. The Morgan fingerprint density at radius 1 is 1.30 bits per heavy atom. The Morgan fingerprint density at radius 3 is 2.75 bits per heavy atom. The predicted molar refractivity (Wildman–Crippen MR) is 78.1 cm³/mol. The molecule has 0 saturated heterocycles. The number of hydrogen-bond donors (Lipinski definition) is 1. The molecule has 1 N–H and O–H groups in total. The van der Waals surface area contributed by atoms with Gasteiger partial charge < -0.3 is 9.73 Å². The lowest BCUT2D eigenvalue weighted by molar-refractivity contribution is 0.411. The van der Waals surface area contributed by atoms with Crippen LogP contribution in [-0.2, 0) is 6.42 Å². The number of hydrogen-bond acceptors (Lipinski definition) is 3. The third-order valence-corrected chi connectivity index (χ3v) is 3.01. The van der Waals surface area contributed by atoms with E-state index >= 15 is 0 Å². The van der Waals surface area contributed by atoms with Gasteiger partial charge in [-0.2, -0.15) is 0 Å². The number of nitrogens with zero attached hydrogens (tertiary/aromatic N) is 1. The van der Waals surface area contributed by atoms with E-state index in [2.05, 4.69) is 31.1 Å². The largest absolute Gasteiger partial charge is 0.441 e. The number of aryl methyl sites for hydroxylation is 1. The van der Waals surface area contributed by atoms with Gasteiger partial charge in [0.25, 0.3) is 0 Å². The first kappa shape index (κ1) is 14.7. The maximum atomic E-state index is 13.3. The summed E-state index contributed by atoms with van der Waals surface area (Å²) in [6.07, 6.45) is 2.37. The molecule has 20 heavy (non-hydrogen) atoms. The third-order valence-electron chi connectivity index (χ3n) is 3.01. The lowest BCUT2D eigenvalue weighted by atomic mass is 10.1. The van der Waals surface area contributed by atoms with Gasteiger partial charge in [0.05, 0.1) is 6.20 Å². The Balaban J connectivity index is 2.07. The van der Waals surface area contributed by atoms with Gasteiger partial charge in [0.15, 0.2) is 11.7 Å². The van der Waals surface area contributed by atoms with Gasteiger partial charge in [-0.25, -0.2) is 9.37 Å². The second kappa shape index (κ2) is 5.75. The van der Waals surface area contributed by atoms with E-state index in [1.807, 2.05) is 6.92 Å². The second-order valence-electron chi connectivity index (χ2n) is 6.00. The Bertz CT molecular complexity index is 584. The molecule has 0 aliphatic carbocycles. The van der Waals surface area contributed by atoms with Crippen molar-refractivity contribution in [2.45, 2.75) is 39.7 Å². The minimum Gasteiger partial charge on any atom is -0.441 e. The molecule has 0 spiro atoms. The maximum Gasteiger partial charge on any atom is 0.196 e. The summed E-state index contributed by atoms with van der Waals surface area (Å²) in [6, 6.07) is 4.67. The summed E-state index contributed by atoms with van der Waals surface area (Å²) in [7, 11) is 0. The van der Waals surface area contributed by atoms with Crippen LogP contribution in [0, 0.1) is 12.7 Å². The van der Waals surface area contributed by atoms with Gasteiger partial charge >= 0.3 is 0 Å². The minimum atomic E-state index is -0.266. The smallest absolute Gasteiger partial charge is 0.196 e. The van der Waals surface area contributed by atoms with Gasteiger partial charge in [-0.15, -0.1) is 0 Å². The molecule has 0 aliphatic heterocycles. The van der Waals surface area contributed by atoms with Crippen LogP contribution >= 0.6 is 0 Å². The first-order valence-corrected chi connectivity index (χ1v) is 6.81. The molecule has 1 aromatic heterocycles. The van der Waals surface area contributed by atoms with Crippen LogP contribution in [0.4, 0.5) is 4.39 Å². The van der Waals surface area contributed by atoms with Crippen LogP contribution in [-0.4, -0.2) is 17.1 Å². The standard InChI is InChI=1S/C16H21FN2O/c1-11-5-6-12(17)9-13(11)14-10-18-15(20-14)7-8-19-16(2,3)4/h5-6,9-10,19H,7-8H2,1-4H3. The molecule has 1 aromatic carbocycles. The molecule has 2 aromatic rings. The molecule has 0 amide bonds. The van der Waals surface area contributed by atoms with Crippen molar-refractivity contribution in [2.24, 2.45) is 0 Å². The Hall–Kier alpha value is -1.68. The van der Waals surface area contributed by atoms with Crippen LogP contribution < -0.4 is 5.32 Å². The van der Waals surface area contributed by atoms with E-state index in [0.717, 1.165) is 17.7 Å². The summed E-state index contributed by atoms with van der Waals surface area (Å²) < 4.78 is 19.0. The molecule has 0 bridgehead atoms. The molecule has 0 radical (unpaired) electrons. The van der Waals surface area contributed by atoms with Gasteiger partial charge in [0.1, 0.15) is 5.82 Å². The second-order valence-corrected chi connectivity index (χ2v) is 6.00. The van der Waals surface area contributed by atoms with Crippen molar-refractivity contribution >= 4 is 0 Å². The SMILES string of the molecule is Cc1ccc(F)cc1-c1cnc(CCNC(C)(C)C)o1. The highest BCUT2D eigenvalue weighted by Gasteiger charge is 2.12. The summed E-state index contributed by atoms with van der Waals surface area (Å²) in [4.78, 5) is 4.25. The van der Waals surface area contributed by atoms with Crippen molar-refractivity contribution in [1.29, 1.82) is 0 Å². The Labute approximate surface area is 119 Å². The van der Waals surface area contributed by atoms with E-state index in [4.69, 9.17) is 4.42 Å². The molecule has 0 fully saturated rings. The molecule has 4 heteroatoms. The van der Waals surface area contributed by atoms with Crippen molar-refractivity contribution in [3.63, 3.8) is 0 Å². The van der Waals surface area contributed by atoms with Crippen LogP contribution in [0.1, 0.15) is 32.2 Å². The topological polar surface area (TPSA) is 38.1 Å². The number of aromatic nitrogens is 1. The molecule has 108 valence electrons. The summed E-state index contributed by atoms with van der Waals surface area (Å²) in [5.74, 6) is 1.02. The molecule has 0 saturated carbocycles. The zero-order chi connectivity index (χ0) is 14.8. The van der Waals surface area contributed by atoms with Crippen molar-refractivity contribution in [1.82, 2.24) is 10.3 Å². The Kier molecular flexibility index (Phi) is 4.23. The highest BCUT2D eigenvalue weighted by molar-refractivity contribution is 5.61. The normalized spacial score (nSPS) is 11.8. The average Bonchev–Trinajstić information content (AvgIpc) is 2.79. The molecule has 2 rings (SSSR count). The van der Waals surface area contributed by atoms with Crippen molar-refractivity contribution < 1.29 is 8.81 Å². The molecule has 0 unspecified atom stereocenters. The number of benzene rings is 1. The number of halogens is 1. The van der Waals surface area contributed by atoms with E-state index in [9.17, 15) is 4.39 Å². The first-order valence-electron chi connectivity index (χ1n) is 6.81. The van der Waals surface area contributed by atoms with E-state index in [-0.39, 0.29) is 11.4 Å². The first-order chi connectivity index (χ1) is 9.35. The van der Waals surface area contributed by atoms with E-state index < -0.39 is 0 Å². The molecular formula is C16H21FN2O. The van der Waals surface area contributed by atoms with Crippen LogP contribution in [0.2, 0.25) is 0 Å². The minimum absolute atomic E-state index is 0.0779. The van der Waals surface area contributed by atoms with Crippen molar-refractivity contribution in [3.8, 4) is 11.3 Å². The van der Waals surface area contributed by atoms with Crippen LogP contribution in [0.15, 0.2) is 28.8 Å². The fourth-order valence-corrected chi connectivity index (χ4v) is 1.95. The zero-order valence-electron chi connectivity index (χ0n) is 12.5. The molecular weight excluding hydrogens is 255 g/mol. The van der Waals surface area contributed by atoms with E-state index in [1.165, 1.54) is 12.1 Å². The molecule has 3 nitrogen and oxygen atoms in total. The lowest BCUT2D eigenvalue weighted by Gasteiger charge is -2.19. The van der Waals surface area contributed by atoms with Gasteiger partial charge in [0, 0.05) is 24.1 Å². The summed E-state index contributed by atoms with van der Waals surface area (Å²) in [5, 5.41) is 3.38. The average molecular weight is 276 g/mol. The van der Waals surface area contributed by atoms with Gasteiger partial charge in [-0.05, 0) is 45.4 Å².